The third kappa shape index (κ3) is 3.10. The highest BCUT2D eigenvalue weighted by Crippen LogP contribution is 2.36. The van der Waals surface area contributed by atoms with Crippen LogP contribution < -0.4 is 16.0 Å². The molecule has 1 fully saturated rings. The molecule has 0 amide bonds. The first-order chi connectivity index (χ1) is 12.7. The zero-order valence-corrected chi connectivity index (χ0v) is 15.6. The monoisotopic (exact) mass is 390 g/mol. The summed E-state index contributed by atoms with van der Waals surface area (Å²) < 4.78 is 35.3. The van der Waals surface area contributed by atoms with Crippen molar-refractivity contribution >= 4 is 20.9 Å². The first-order valence-electron chi connectivity index (χ1n) is 8.35. The highest BCUT2D eigenvalue weighted by atomic mass is 32.2. The van der Waals surface area contributed by atoms with Gasteiger partial charge in [-0.3, -0.25) is 13.9 Å². The summed E-state index contributed by atoms with van der Waals surface area (Å²) in [6, 6.07) is 4.18. The Morgan fingerprint density at radius 3 is 2.67 bits per heavy atom. The summed E-state index contributed by atoms with van der Waals surface area (Å²) in [7, 11) is -2.24. The van der Waals surface area contributed by atoms with Gasteiger partial charge in [0, 0.05) is 12.6 Å². The number of nitrogens with zero attached hydrogens (tertiary/aromatic N) is 3. The van der Waals surface area contributed by atoms with Crippen molar-refractivity contribution in [2.45, 2.75) is 36.7 Å². The predicted octanol–water partition coefficient (Wildman–Crippen LogP) is 0.567. The molecule has 10 heteroatoms. The summed E-state index contributed by atoms with van der Waals surface area (Å²) in [4.78, 5) is 29.2. The van der Waals surface area contributed by atoms with Crippen LogP contribution in [0.15, 0.2) is 49.7 Å². The van der Waals surface area contributed by atoms with E-state index in [4.69, 9.17) is 4.42 Å². The minimum Gasteiger partial charge on any atom is -0.447 e. The molecule has 2 heterocycles. The number of nitrogens with one attached hydrogen (secondary N) is 1. The first-order valence-corrected chi connectivity index (χ1v) is 9.83. The van der Waals surface area contributed by atoms with Gasteiger partial charge in [-0.1, -0.05) is 0 Å². The normalized spacial score (nSPS) is 15.9. The minimum atomic E-state index is -3.76. The second-order valence-corrected chi connectivity index (χ2v) is 8.73. The predicted molar refractivity (Wildman–Crippen MR) is 97.0 cm³/mol. The molecule has 142 valence electrons. The lowest BCUT2D eigenvalue weighted by Crippen LogP contribution is -2.39. The van der Waals surface area contributed by atoms with Crippen molar-refractivity contribution in [3.8, 4) is 0 Å². The van der Waals surface area contributed by atoms with E-state index in [2.05, 4.69) is 9.71 Å². The Labute approximate surface area is 154 Å². The van der Waals surface area contributed by atoms with Gasteiger partial charge >= 0.3 is 5.69 Å². The van der Waals surface area contributed by atoms with Crippen LogP contribution in [-0.4, -0.2) is 28.1 Å². The smallest absolute Gasteiger partial charge is 0.331 e. The minimum absolute atomic E-state index is 0.00918. The standard InChI is InChI=1S/C17H18N4O5S/c1-17(5-6-17)19-27(24,25)12-3-4-14-13(7-12)15(22)21(16(23)20(14)2)9-11-8-18-10-26-11/h3-4,7-8,10,19H,5-6,9H2,1-2H3. The molecule has 3 aromatic rings. The van der Waals surface area contributed by atoms with Crippen LogP contribution in [-0.2, 0) is 23.6 Å². The van der Waals surface area contributed by atoms with Gasteiger partial charge in [-0.25, -0.2) is 22.9 Å². The topological polar surface area (TPSA) is 116 Å². The second-order valence-electron chi connectivity index (χ2n) is 7.05. The third-order valence-electron chi connectivity index (χ3n) is 4.81. The van der Waals surface area contributed by atoms with Gasteiger partial charge in [0.05, 0.1) is 28.5 Å². The molecule has 1 N–H and O–H groups in total. The fourth-order valence-corrected chi connectivity index (χ4v) is 4.44. The van der Waals surface area contributed by atoms with Crippen LogP contribution in [0.25, 0.3) is 10.9 Å². The Kier molecular flexibility index (Phi) is 3.86. The number of hydrogen-bond acceptors (Lipinski definition) is 6. The Balaban J connectivity index is 1.87. The highest BCUT2D eigenvalue weighted by molar-refractivity contribution is 7.89. The van der Waals surface area contributed by atoms with Crippen LogP contribution in [0.3, 0.4) is 0 Å². The Morgan fingerprint density at radius 2 is 2.04 bits per heavy atom. The van der Waals surface area contributed by atoms with E-state index in [0.29, 0.717) is 11.3 Å². The van der Waals surface area contributed by atoms with Crippen LogP contribution in [0.4, 0.5) is 0 Å². The number of benzene rings is 1. The molecule has 1 aliphatic carbocycles. The van der Waals surface area contributed by atoms with Crippen molar-refractivity contribution in [3.05, 3.63) is 57.4 Å². The van der Waals surface area contributed by atoms with Crippen molar-refractivity contribution in [2.75, 3.05) is 0 Å². The zero-order chi connectivity index (χ0) is 19.4. The molecule has 0 saturated heterocycles. The van der Waals surface area contributed by atoms with Gasteiger partial charge in [-0.2, -0.15) is 0 Å². The first kappa shape index (κ1) is 17.7. The van der Waals surface area contributed by atoms with E-state index in [1.165, 1.54) is 42.4 Å². The van der Waals surface area contributed by atoms with Gasteiger partial charge in [0.15, 0.2) is 6.39 Å². The van der Waals surface area contributed by atoms with Crippen molar-refractivity contribution in [3.63, 3.8) is 0 Å². The molecule has 0 atom stereocenters. The van der Waals surface area contributed by atoms with E-state index in [9.17, 15) is 18.0 Å². The van der Waals surface area contributed by atoms with E-state index in [0.717, 1.165) is 17.4 Å². The fraction of sp³-hybridized carbons (Fsp3) is 0.353. The van der Waals surface area contributed by atoms with Crippen LogP contribution in [0.1, 0.15) is 25.5 Å². The van der Waals surface area contributed by atoms with Gasteiger partial charge < -0.3 is 4.42 Å². The molecular weight excluding hydrogens is 372 g/mol. The quantitative estimate of drug-likeness (QED) is 0.681. The van der Waals surface area contributed by atoms with Gasteiger partial charge in [-0.15, -0.1) is 0 Å². The number of rotatable bonds is 5. The Hall–Kier alpha value is -2.72. The molecule has 0 aliphatic heterocycles. The molecule has 9 nitrogen and oxygen atoms in total. The Morgan fingerprint density at radius 1 is 1.30 bits per heavy atom. The lowest BCUT2D eigenvalue weighted by molar-refractivity contribution is 0.477. The fourth-order valence-electron chi connectivity index (χ4n) is 2.95. The molecule has 0 spiro atoms. The van der Waals surface area contributed by atoms with Crippen LogP contribution in [0.2, 0.25) is 0 Å². The maximum absolute atomic E-state index is 12.9. The van der Waals surface area contributed by atoms with Crippen LogP contribution in [0, 0.1) is 0 Å². The maximum Gasteiger partial charge on any atom is 0.331 e. The highest BCUT2D eigenvalue weighted by Gasteiger charge is 2.41. The van der Waals surface area contributed by atoms with Crippen LogP contribution >= 0.6 is 0 Å². The number of oxazole rings is 1. The number of fused-ring (bicyclic) bond motifs is 1. The molecule has 2 aromatic heterocycles. The van der Waals surface area contributed by atoms with Crippen molar-refractivity contribution in [2.24, 2.45) is 7.05 Å². The molecule has 1 aromatic carbocycles. The van der Waals surface area contributed by atoms with E-state index in [1.807, 2.05) is 6.92 Å². The molecule has 0 bridgehead atoms. The van der Waals surface area contributed by atoms with Gasteiger partial charge in [0.1, 0.15) is 5.76 Å². The number of aryl methyl sites for hydroxylation is 1. The van der Waals surface area contributed by atoms with E-state index in [1.54, 1.807) is 0 Å². The summed E-state index contributed by atoms with van der Waals surface area (Å²) in [5.74, 6) is 0.348. The summed E-state index contributed by atoms with van der Waals surface area (Å²) in [5.41, 5.74) is -1.18. The van der Waals surface area contributed by atoms with Gasteiger partial charge in [-0.05, 0) is 38.0 Å². The average molecular weight is 390 g/mol. The largest absolute Gasteiger partial charge is 0.447 e. The third-order valence-corrected chi connectivity index (χ3v) is 6.45. The second kappa shape index (κ2) is 5.89. The van der Waals surface area contributed by atoms with Crippen LogP contribution in [0.5, 0.6) is 0 Å². The summed E-state index contributed by atoms with van der Waals surface area (Å²) in [5, 5.41) is 0.139. The van der Waals surface area contributed by atoms with Crippen molar-refractivity contribution < 1.29 is 12.8 Å². The number of hydrogen-bond donors (Lipinski definition) is 1. The lowest BCUT2D eigenvalue weighted by Gasteiger charge is -2.14. The van der Waals surface area contributed by atoms with Crippen molar-refractivity contribution in [1.82, 2.24) is 18.8 Å². The molecule has 1 aliphatic rings. The maximum atomic E-state index is 12.9. The molecule has 0 unspecified atom stereocenters. The molecule has 27 heavy (non-hydrogen) atoms. The molecule has 1 saturated carbocycles. The lowest BCUT2D eigenvalue weighted by atomic mass is 10.2. The average Bonchev–Trinajstić information content (AvgIpc) is 3.12. The van der Waals surface area contributed by atoms with E-state index < -0.39 is 26.8 Å². The molecule has 4 rings (SSSR count). The molecular formula is C17H18N4O5S. The molecule has 0 radical (unpaired) electrons. The van der Waals surface area contributed by atoms with E-state index in [-0.39, 0.29) is 16.8 Å². The summed E-state index contributed by atoms with van der Waals surface area (Å²) in [6.45, 7) is 1.74. The Bertz CT molecular complexity index is 1250. The zero-order valence-electron chi connectivity index (χ0n) is 14.8. The van der Waals surface area contributed by atoms with E-state index >= 15 is 0 Å². The number of sulfonamides is 1. The summed E-state index contributed by atoms with van der Waals surface area (Å²) >= 11 is 0. The SMILES string of the molecule is Cn1c(=O)n(Cc2cnco2)c(=O)c2cc(S(=O)(=O)NC3(C)CC3)ccc21. The van der Waals surface area contributed by atoms with Crippen molar-refractivity contribution in [1.29, 1.82) is 0 Å². The number of aromatic nitrogens is 3. The summed E-state index contributed by atoms with van der Waals surface area (Å²) in [6.07, 6.45) is 4.18. The van der Waals surface area contributed by atoms with Gasteiger partial charge in [0.2, 0.25) is 10.0 Å². The van der Waals surface area contributed by atoms with Gasteiger partial charge in [0.25, 0.3) is 5.56 Å².